The van der Waals surface area contributed by atoms with Crippen LogP contribution >= 0.6 is 0 Å². The van der Waals surface area contributed by atoms with E-state index in [-0.39, 0.29) is 6.04 Å². The van der Waals surface area contributed by atoms with Gasteiger partial charge >= 0.3 is 6.09 Å². The Kier molecular flexibility index (Phi) is 6.48. The third kappa shape index (κ3) is 6.11. The molecule has 29 heavy (non-hydrogen) atoms. The highest BCUT2D eigenvalue weighted by Gasteiger charge is 2.24. The summed E-state index contributed by atoms with van der Waals surface area (Å²) in [7, 11) is 0. The zero-order valence-electron chi connectivity index (χ0n) is 15.0. The van der Waals surface area contributed by atoms with E-state index in [1.165, 1.54) is 0 Å². The summed E-state index contributed by atoms with van der Waals surface area (Å²) in [6, 6.07) is 17.0. The fraction of sp³-hybridized carbons (Fsp3) is 0.0909. The van der Waals surface area contributed by atoms with Gasteiger partial charge in [-0.2, -0.15) is 0 Å². The van der Waals surface area contributed by atoms with E-state index >= 15 is 0 Å². The molecule has 0 bridgehead atoms. The Balaban J connectivity index is 0.000000224. The second kappa shape index (κ2) is 9.42. The van der Waals surface area contributed by atoms with Crippen LogP contribution in [0, 0.1) is 29.3 Å². The van der Waals surface area contributed by atoms with Gasteiger partial charge in [-0.25, -0.2) is 22.9 Å². The summed E-state index contributed by atoms with van der Waals surface area (Å²) < 4.78 is 40.7. The van der Waals surface area contributed by atoms with E-state index in [1.54, 1.807) is 0 Å². The van der Waals surface area contributed by atoms with Crippen LogP contribution in [0.5, 0.6) is 0 Å². The minimum atomic E-state index is -0.896. The van der Waals surface area contributed by atoms with Crippen LogP contribution in [0.15, 0.2) is 66.7 Å². The molecule has 1 aliphatic heterocycles. The molecule has 1 atom stereocenters. The summed E-state index contributed by atoms with van der Waals surface area (Å²) >= 11 is 0. The van der Waals surface area contributed by atoms with Gasteiger partial charge in [-0.15, -0.1) is 0 Å². The number of alkyl carbamates (subject to hydrolysis) is 1. The van der Waals surface area contributed by atoms with Crippen molar-refractivity contribution in [2.45, 2.75) is 6.04 Å². The Morgan fingerprint density at radius 3 is 2.14 bits per heavy atom. The van der Waals surface area contributed by atoms with E-state index in [2.05, 4.69) is 22.1 Å². The molecule has 2 heterocycles. The highest BCUT2D eigenvalue weighted by atomic mass is 19.1. The third-order valence-electron chi connectivity index (χ3n) is 3.74. The van der Waals surface area contributed by atoms with Gasteiger partial charge in [0.15, 0.2) is 0 Å². The van der Waals surface area contributed by atoms with Gasteiger partial charge in [0.2, 0.25) is 0 Å². The molecule has 0 saturated carbocycles. The lowest BCUT2D eigenvalue weighted by molar-refractivity contribution is 0.177. The van der Waals surface area contributed by atoms with Crippen molar-refractivity contribution in [3.05, 3.63) is 101 Å². The number of benzene rings is 2. The van der Waals surface area contributed by atoms with Crippen molar-refractivity contribution >= 4 is 6.09 Å². The second-order valence-electron chi connectivity index (χ2n) is 5.95. The maximum absolute atomic E-state index is 11.9. The predicted octanol–water partition coefficient (Wildman–Crippen LogP) is 4.37. The van der Waals surface area contributed by atoms with Gasteiger partial charge < -0.3 is 10.1 Å². The molecule has 1 unspecified atom stereocenters. The number of nitrogens with one attached hydrogen (secondary N) is 1. The minimum Gasteiger partial charge on any atom is -0.447 e. The third-order valence-corrected chi connectivity index (χ3v) is 3.74. The van der Waals surface area contributed by atoms with Crippen molar-refractivity contribution in [1.29, 1.82) is 0 Å². The average Bonchev–Trinajstić information content (AvgIpc) is 3.13. The van der Waals surface area contributed by atoms with Gasteiger partial charge in [-0.1, -0.05) is 30.2 Å². The fourth-order valence-electron chi connectivity index (χ4n) is 2.44. The van der Waals surface area contributed by atoms with Crippen LogP contribution in [0.2, 0.25) is 0 Å². The van der Waals surface area contributed by atoms with E-state index < -0.39 is 23.5 Å². The Labute approximate surface area is 165 Å². The van der Waals surface area contributed by atoms with Crippen LogP contribution in [0.25, 0.3) is 0 Å². The summed E-state index contributed by atoms with van der Waals surface area (Å²) in [6.45, 7) is 0.307. The summed E-state index contributed by atoms with van der Waals surface area (Å²) in [6.07, 6.45) is -0.405. The first kappa shape index (κ1) is 20.0. The average molecular weight is 396 g/mol. The van der Waals surface area contributed by atoms with E-state index in [9.17, 15) is 18.0 Å². The van der Waals surface area contributed by atoms with Gasteiger partial charge in [-0.05, 0) is 30.2 Å². The molecule has 2 aromatic carbocycles. The van der Waals surface area contributed by atoms with Gasteiger partial charge in [-0.3, -0.25) is 0 Å². The van der Waals surface area contributed by atoms with Gasteiger partial charge in [0, 0.05) is 23.8 Å². The van der Waals surface area contributed by atoms with Crippen molar-refractivity contribution < 1.29 is 22.7 Å². The maximum Gasteiger partial charge on any atom is 0.407 e. The molecule has 1 amide bonds. The number of cyclic esters (lactones) is 1. The quantitative estimate of drug-likeness (QED) is 0.622. The molecule has 0 aliphatic carbocycles. The topological polar surface area (TPSA) is 51.2 Å². The summed E-state index contributed by atoms with van der Waals surface area (Å²) in [5, 5.41) is 2.70. The summed E-state index contributed by atoms with van der Waals surface area (Å²) in [5.74, 6) is 3.39. The Morgan fingerprint density at radius 2 is 1.55 bits per heavy atom. The molecule has 1 saturated heterocycles. The zero-order chi connectivity index (χ0) is 20.6. The van der Waals surface area contributed by atoms with Crippen LogP contribution in [0.3, 0.4) is 0 Å². The number of rotatable bonds is 1. The molecular weight excluding hydrogens is 381 g/mol. The van der Waals surface area contributed by atoms with Crippen molar-refractivity contribution in [3.8, 4) is 11.8 Å². The predicted molar refractivity (Wildman–Crippen MR) is 100 cm³/mol. The number of hydrogen-bond acceptors (Lipinski definition) is 3. The van der Waals surface area contributed by atoms with Gasteiger partial charge in [0.1, 0.15) is 35.8 Å². The molecule has 4 nitrogen and oxygen atoms in total. The number of nitrogens with zero attached hydrogens (tertiary/aromatic N) is 1. The molecule has 3 aromatic rings. The number of carbonyl (C=O) groups is 1. The first-order chi connectivity index (χ1) is 14.0. The first-order valence-corrected chi connectivity index (χ1v) is 8.58. The van der Waals surface area contributed by atoms with E-state index in [1.807, 2.05) is 48.5 Å². The van der Waals surface area contributed by atoms with Crippen LogP contribution < -0.4 is 5.32 Å². The smallest absolute Gasteiger partial charge is 0.407 e. The molecule has 146 valence electrons. The van der Waals surface area contributed by atoms with Crippen molar-refractivity contribution in [2.24, 2.45) is 0 Å². The van der Waals surface area contributed by atoms with E-state index in [4.69, 9.17) is 4.74 Å². The lowest BCUT2D eigenvalue weighted by atomic mass is 10.2. The number of carbonyl (C=O) groups excluding carboxylic acids is 1. The molecule has 0 radical (unpaired) electrons. The molecule has 7 heteroatoms. The molecule has 1 fully saturated rings. The first-order valence-electron chi connectivity index (χ1n) is 8.58. The molecule has 1 aromatic heterocycles. The van der Waals surface area contributed by atoms with Crippen LogP contribution in [-0.2, 0) is 4.74 Å². The SMILES string of the molecule is Fc1cc(F)cc(F)c1.O=C1NC(c2cccc(C#Cc3ccccc3)n2)CO1. The number of amides is 1. The number of ether oxygens (including phenoxy) is 1. The zero-order valence-corrected chi connectivity index (χ0v) is 15.0. The van der Waals surface area contributed by atoms with E-state index in [0.717, 1.165) is 11.3 Å². The summed E-state index contributed by atoms with van der Waals surface area (Å²) in [4.78, 5) is 15.5. The highest BCUT2D eigenvalue weighted by Crippen LogP contribution is 2.16. The molecule has 0 spiro atoms. The van der Waals surface area contributed by atoms with Crippen LogP contribution in [-0.4, -0.2) is 17.7 Å². The highest BCUT2D eigenvalue weighted by molar-refractivity contribution is 5.69. The Hall–Kier alpha value is -3.79. The number of halogens is 3. The molecule has 1 N–H and O–H groups in total. The molecule has 1 aliphatic rings. The minimum absolute atomic E-state index is 0.194. The van der Waals surface area contributed by atoms with E-state index in [0.29, 0.717) is 30.5 Å². The Bertz CT molecular complexity index is 1010. The normalized spacial score (nSPS) is 14.6. The van der Waals surface area contributed by atoms with Gasteiger partial charge in [0.25, 0.3) is 0 Å². The van der Waals surface area contributed by atoms with Crippen molar-refractivity contribution in [2.75, 3.05) is 6.61 Å². The lowest BCUT2D eigenvalue weighted by Gasteiger charge is -2.06. The maximum atomic E-state index is 11.9. The number of pyridine rings is 1. The fourth-order valence-corrected chi connectivity index (χ4v) is 2.44. The van der Waals surface area contributed by atoms with Crippen LogP contribution in [0.4, 0.5) is 18.0 Å². The molecular formula is C22H15F3N2O2. The summed E-state index contributed by atoms with van der Waals surface area (Å²) in [5.41, 5.74) is 2.38. The van der Waals surface area contributed by atoms with Crippen molar-refractivity contribution in [1.82, 2.24) is 10.3 Å². The van der Waals surface area contributed by atoms with Crippen molar-refractivity contribution in [3.63, 3.8) is 0 Å². The molecule has 4 rings (SSSR count). The Morgan fingerprint density at radius 1 is 0.897 bits per heavy atom. The lowest BCUT2D eigenvalue weighted by Crippen LogP contribution is -2.19. The largest absolute Gasteiger partial charge is 0.447 e. The standard InChI is InChI=1S/C16H12N2O2.C6H3F3/c19-16-18-15(11-20-16)14-8-4-7-13(17-14)10-9-12-5-2-1-3-6-12;7-4-1-5(8)3-6(9)2-4/h1-8,15H,11H2,(H,18,19);1-3H. The number of hydrogen-bond donors (Lipinski definition) is 1. The number of aromatic nitrogens is 1. The van der Waals surface area contributed by atoms with Gasteiger partial charge in [0.05, 0.1) is 5.69 Å². The monoisotopic (exact) mass is 396 g/mol. The van der Waals surface area contributed by atoms with Crippen LogP contribution in [0.1, 0.15) is 23.0 Å². The second-order valence-corrected chi connectivity index (χ2v) is 5.95.